The maximum Gasteiger partial charge on any atom is 0.233 e. The second kappa shape index (κ2) is 6.93. The molecule has 2 heterocycles. The Bertz CT molecular complexity index is 687. The number of carbonyl (C=O) groups is 1. The number of nitrogens with zero attached hydrogens (tertiary/aromatic N) is 2. The standard InChI is InChI=1S/C15H19N3O2S2/c1-9(13(19)16-6-7-20-2)21-14-12-10-4-3-5-11(10)22-15(12)18-8-17-14/h8-9H,3-7H2,1-2H3,(H,16,19)/t9-/m1/s1. The van der Waals surface area contributed by atoms with Gasteiger partial charge in [-0.05, 0) is 31.7 Å². The molecule has 2 aromatic rings. The highest BCUT2D eigenvalue weighted by Crippen LogP contribution is 2.40. The smallest absolute Gasteiger partial charge is 0.233 e. The zero-order chi connectivity index (χ0) is 15.5. The first-order chi connectivity index (χ1) is 10.7. The molecule has 1 atom stereocenters. The van der Waals surface area contributed by atoms with Gasteiger partial charge < -0.3 is 10.1 Å². The van der Waals surface area contributed by atoms with Gasteiger partial charge in [-0.3, -0.25) is 4.79 Å². The molecule has 0 saturated heterocycles. The maximum atomic E-state index is 12.1. The average molecular weight is 337 g/mol. The lowest BCUT2D eigenvalue weighted by molar-refractivity contribution is -0.120. The van der Waals surface area contributed by atoms with Crippen LogP contribution in [-0.2, 0) is 22.4 Å². The maximum absolute atomic E-state index is 12.1. The van der Waals surface area contributed by atoms with Gasteiger partial charge in [0.1, 0.15) is 16.2 Å². The molecule has 2 aromatic heterocycles. The number of rotatable bonds is 6. The molecule has 0 fully saturated rings. The first-order valence-electron chi connectivity index (χ1n) is 7.39. The molecule has 1 N–H and O–H groups in total. The van der Waals surface area contributed by atoms with Gasteiger partial charge in [0.15, 0.2) is 0 Å². The molecule has 7 heteroatoms. The van der Waals surface area contributed by atoms with Crippen molar-refractivity contribution >= 4 is 39.2 Å². The molecule has 1 aliphatic rings. The van der Waals surface area contributed by atoms with E-state index in [1.807, 2.05) is 6.92 Å². The summed E-state index contributed by atoms with van der Waals surface area (Å²) >= 11 is 3.28. The van der Waals surface area contributed by atoms with E-state index < -0.39 is 0 Å². The van der Waals surface area contributed by atoms with Gasteiger partial charge in [0.05, 0.1) is 11.9 Å². The fraction of sp³-hybridized carbons (Fsp3) is 0.533. The fourth-order valence-electron chi connectivity index (χ4n) is 2.63. The third kappa shape index (κ3) is 3.11. The number of hydrogen-bond acceptors (Lipinski definition) is 6. The molecule has 0 aromatic carbocycles. The van der Waals surface area contributed by atoms with Gasteiger partial charge in [0.25, 0.3) is 0 Å². The summed E-state index contributed by atoms with van der Waals surface area (Å²) < 4.78 is 4.95. The number of aromatic nitrogens is 2. The molecule has 0 bridgehead atoms. The number of fused-ring (bicyclic) bond motifs is 3. The van der Waals surface area contributed by atoms with Crippen LogP contribution in [0.2, 0.25) is 0 Å². The fourth-order valence-corrected chi connectivity index (χ4v) is 4.89. The largest absolute Gasteiger partial charge is 0.383 e. The molecule has 0 aliphatic heterocycles. The number of hydrogen-bond donors (Lipinski definition) is 1. The van der Waals surface area contributed by atoms with E-state index in [0.29, 0.717) is 13.2 Å². The Hall–Kier alpha value is -1.18. The third-order valence-electron chi connectivity index (χ3n) is 3.73. The van der Waals surface area contributed by atoms with Gasteiger partial charge in [-0.1, -0.05) is 11.8 Å². The van der Waals surface area contributed by atoms with Crippen LogP contribution < -0.4 is 5.32 Å². The summed E-state index contributed by atoms with van der Waals surface area (Å²) in [6.07, 6.45) is 5.06. The van der Waals surface area contributed by atoms with Gasteiger partial charge >= 0.3 is 0 Å². The van der Waals surface area contributed by atoms with Crippen molar-refractivity contribution in [2.24, 2.45) is 0 Å². The Morgan fingerprint density at radius 1 is 1.50 bits per heavy atom. The van der Waals surface area contributed by atoms with Crippen molar-refractivity contribution in [2.75, 3.05) is 20.3 Å². The highest BCUT2D eigenvalue weighted by molar-refractivity contribution is 8.00. The predicted molar refractivity (Wildman–Crippen MR) is 89.6 cm³/mol. The second-order valence-corrected chi connectivity index (χ2v) is 7.67. The van der Waals surface area contributed by atoms with Crippen LogP contribution in [0.5, 0.6) is 0 Å². The van der Waals surface area contributed by atoms with Crippen molar-refractivity contribution in [3.63, 3.8) is 0 Å². The topological polar surface area (TPSA) is 64.1 Å². The van der Waals surface area contributed by atoms with Crippen molar-refractivity contribution in [1.82, 2.24) is 15.3 Å². The van der Waals surface area contributed by atoms with Crippen molar-refractivity contribution < 1.29 is 9.53 Å². The lowest BCUT2D eigenvalue weighted by atomic mass is 10.2. The second-order valence-electron chi connectivity index (χ2n) is 5.26. The molecule has 1 amide bonds. The zero-order valence-corrected chi connectivity index (χ0v) is 14.4. The summed E-state index contributed by atoms with van der Waals surface area (Å²) in [5, 5.41) is 4.78. The lowest BCUT2D eigenvalue weighted by Gasteiger charge is -2.12. The third-order valence-corrected chi connectivity index (χ3v) is 6.03. The molecule has 3 rings (SSSR count). The molecule has 0 spiro atoms. The van der Waals surface area contributed by atoms with E-state index in [4.69, 9.17) is 4.74 Å². The normalized spacial score (nSPS) is 15.0. The van der Waals surface area contributed by atoms with E-state index in [-0.39, 0.29) is 11.2 Å². The molecule has 1 aliphatic carbocycles. The Balaban J connectivity index is 1.77. The Morgan fingerprint density at radius 3 is 3.18 bits per heavy atom. The van der Waals surface area contributed by atoms with Crippen LogP contribution in [0.15, 0.2) is 11.4 Å². The van der Waals surface area contributed by atoms with E-state index in [9.17, 15) is 4.79 Å². The highest BCUT2D eigenvalue weighted by Gasteiger charge is 2.23. The first-order valence-corrected chi connectivity index (χ1v) is 9.09. The number of amides is 1. The number of methoxy groups -OCH3 is 1. The Kier molecular flexibility index (Phi) is 4.95. The SMILES string of the molecule is COCCNC(=O)[C@@H](C)Sc1ncnc2sc3c(c12)CCC3. The van der Waals surface area contributed by atoms with Crippen LogP contribution in [0.1, 0.15) is 23.8 Å². The van der Waals surface area contributed by atoms with Gasteiger partial charge in [0.2, 0.25) is 5.91 Å². The molecule has 118 valence electrons. The molecular weight excluding hydrogens is 318 g/mol. The van der Waals surface area contributed by atoms with Crippen LogP contribution in [0, 0.1) is 0 Å². The number of carbonyl (C=O) groups excluding carboxylic acids is 1. The van der Waals surface area contributed by atoms with E-state index in [1.54, 1.807) is 24.8 Å². The van der Waals surface area contributed by atoms with Gasteiger partial charge in [0, 0.05) is 23.9 Å². The number of aryl methyl sites for hydroxylation is 2. The van der Waals surface area contributed by atoms with Crippen molar-refractivity contribution in [3.8, 4) is 0 Å². The van der Waals surface area contributed by atoms with Crippen molar-refractivity contribution in [2.45, 2.75) is 36.5 Å². The molecule has 0 radical (unpaired) electrons. The molecule has 0 unspecified atom stereocenters. The number of ether oxygens (including phenoxy) is 1. The number of thiophene rings is 1. The lowest BCUT2D eigenvalue weighted by Crippen LogP contribution is -2.33. The number of thioether (sulfide) groups is 1. The summed E-state index contributed by atoms with van der Waals surface area (Å²) in [5.41, 5.74) is 1.40. The summed E-state index contributed by atoms with van der Waals surface area (Å²) in [7, 11) is 1.62. The van der Waals surface area contributed by atoms with E-state index in [0.717, 1.165) is 22.7 Å². The quantitative estimate of drug-likeness (QED) is 0.498. The Morgan fingerprint density at radius 2 is 2.36 bits per heavy atom. The summed E-state index contributed by atoms with van der Waals surface area (Å²) in [4.78, 5) is 23.4. The van der Waals surface area contributed by atoms with Gasteiger partial charge in [-0.15, -0.1) is 11.3 Å². The predicted octanol–water partition coefficient (Wildman–Crippen LogP) is 2.42. The minimum absolute atomic E-state index is 0.0145. The average Bonchev–Trinajstić information content (AvgIpc) is 3.08. The molecule has 0 saturated carbocycles. The van der Waals surface area contributed by atoms with Crippen LogP contribution >= 0.6 is 23.1 Å². The van der Waals surface area contributed by atoms with Crippen LogP contribution in [-0.4, -0.2) is 41.4 Å². The minimum Gasteiger partial charge on any atom is -0.383 e. The monoisotopic (exact) mass is 337 g/mol. The molecule has 22 heavy (non-hydrogen) atoms. The van der Waals surface area contributed by atoms with E-state index in [2.05, 4.69) is 15.3 Å². The summed E-state index contributed by atoms with van der Waals surface area (Å²) in [6.45, 7) is 2.97. The summed E-state index contributed by atoms with van der Waals surface area (Å²) in [6, 6.07) is 0. The van der Waals surface area contributed by atoms with Gasteiger partial charge in [-0.25, -0.2) is 9.97 Å². The molecule has 5 nitrogen and oxygen atoms in total. The van der Waals surface area contributed by atoms with E-state index in [1.165, 1.54) is 34.0 Å². The van der Waals surface area contributed by atoms with Gasteiger partial charge in [-0.2, -0.15) is 0 Å². The number of nitrogens with one attached hydrogen (secondary N) is 1. The zero-order valence-electron chi connectivity index (χ0n) is 12.7. The van der Waals surface area contributed by atoms with Crippen molar-refractivity contribution in [1.29, 1.82) is 0 Å². The highest BCUT2D eigenvalue weighted by atomic mass is 32.2. The minimum atomic E-state index is -0.188. The first kappa shape index (κ1) is 15.7. The van der Waals surface area contributed by atoms with Crippen LogP contribution in [0.3, 0.4) is 0 Å². The van der Waals surface area contributed by atoms with Crippen molar-refractivity contribution in [3.05, 3.63) is 16.8 Å². The Labute approximate surface area is 137 Å². The van der Waals surface area contributed by atoms with Crippen LogP contribution in [0.25, 0.3) is 10.2 Å². The summed E-state index contributed by atoms with van der Waals surface area (Å²) in [5.74, 6) is 0.0145. The molecular formula is C15H19N3O2S2. The van der Waals surface area contributed by atoms with E-state index >= 15 is 0 Å². The van der Waals surface area contributed by atoms with Crippen LogP contribution in [0.4, 0.5) is 0 Å².